The van der Waals surface area contributed by atoms with Gasteiger partial charge >= 0.3 is 0 Å². The fourth-order valence-electron chi connectivity index (χ4n) is 1.70. The highest BCUT2D eigenvalue weighted by Crippen LogP contribution is 2.11. The molecule has 6 heteroatoms. The standard InChI is InChI=1S/C8H15N3O2.ClH/c9-8(12)7-5-11(1-2-13-7)6-3-10-4-6;/h6-7,10H,1-5H2,(H2,9,12);1H. The number of halogens is 1. The molecule has 0 radical (unpaired) electrons. The average Bonchev–Trinajstić information content (AvgIpc) is 2.01. The van der Waals surface area contributed by atoms with Crippen molar-refractivity contribution in [2.75, 3.05) is 32.8 Å². The molecule has 0 saturated carbocycles. The van der Waals surface area contributed by atoms with Gasteiger partial charge in [0.15, 0.2) is 0 Å². The van der Waals surface area contributed by atoms with Crippen LogP contribution in [-0.2, 0) is 9.53 Å². The first kappa shape index (κ1) is 11.7. The molecule has 2 fully saturated rings. The third kappa shape index (κ3) is 2.36. The van der Waals surface area contributed by atoms with Crippen LogP contribution in [-0.4, -0.2) is 55.7 Å². The molecule has 14 heavy (non-hydrogen) atoms. The first-order valence-electron chi connectivity index (χ1n) is 4.63. The number of ether oxygens (including phenoxy) is 1. The summed E-state index contributed by atoms with van der Waals surface area (Å²) in [6.07, 6.45) is -0.408. The lowest BCUT2D eigenvalue weighted by Crippen LogP contribution is -2.62. The molecule has 0 bridgehead atoms. The van der Waals surface area contributed by atoms with Crippen LogP contribution in [0.15, 0.2) is 0 Å². The van der Waals surface area contributed by atoms with Gasteiger partial charge in [0.25, 0.3) is 0 Å². The van der Waals surface area contributed by atoms with E-state index in [0.717, 1.165) is 19.6 Å². The van der Waals surface area contributed by atoms with E-state index in [1.54, 1.807) is 0 Å². The summed E-state index contributed by atoms with van der Waals surface area (Å²) >= 11 is 0. The Morgan fingerprint density at radius 3 is 2.71 bits per heavy atom. The second-order valence-electron chi connectivity index (χ2n) is 3.57. The molecular formula is C8H16ClN3O2. The smallest absolute Gasteiger partial charge is 0.247 e. The van der Waals surface area contributed by atoms with Gasteiger partial charge in [-0.15, -0.1) is 12.4 Å². The molecule has 0 aromatic rings. The molecule has 2 aliphatic heterocycles. The monoisotopic (exact) mass is 221 g/mol. The molecule has 2 saturated heterocycles. The molecule has 0 aliphatic carbocycles. The van der Waals surface area contributed by atoms with E-state index in [1.807, 2.05) is 0 Å². The molecule has 0 spiro atoms. The zero-order valence-electron chi connectivity index (χ0n) is 7.94. The van der Waals surface area contributed by atoms with E-state index in [9.17, 15) is 4.79 Å². The summed E-state index contributed by atoms with van der Waals surface area (Å²) < 4.78 is 5.25. The normalized spacial score (nSPS) is 29.0. The molecule has 0 aromatic heterocycles. The molecular weight excluding hydrogens is 206 g/mol. The minimum Gasteiger partial charge on any atom is -0.367 e. The highest BCUT2D eigenvalue weighted by Gasteiger charge is 2.31. The van der Waals surface area contributed by atoms with Crippen molar-refractivity contribution in [3.63, 3.8) is 0 Å². The van der Waals surface area contributed by atoms with Gasteiger partial charge in [-0.05, 0) is 0 Å². The Labute approximate surface area is 89.4 Å². The molecule has 1 unspecified atom stereocenters. The summed E-state index contributed by atoms with van der Waals surface area (Å²) in [4.78, 5) is 13.2. The van der Waals surface area contributed by atoms with Gasteiger partial charge in [0, 0.05) is 32.2 Å². The fourth-order valence-corrected chi connectivity index (χ4v) is 1.70. The average molecular weight is 222 g/mol. The Kier molecular flexibility index (Phi) is 4.12. The van der Waals surface area contributed by atoms with Crippen LogP contribution < -0.4 is 11.1 Å². The zero-order chi connectivity index (χ0) is 9.26. The lowest BCUT2D eigenvalue weighted by atomic mass is 10.1. The number of hydrogen-bond acceptors (Lipinski definition) is 4. The Morgan fingerprint density at radius 2 is 2.21 bits per heavy atom. The van der Waals surface area contributed by atoms with Crippen molar-refractivity contribution < 1.29 is 9.53 Å². The van der Waals surface area contributed by atoms with E-state index in [2.05, 4.69) is 10.2 Å². The third-order valence-electron chi connectivity index (χ3n) is 2.69. The van der Waals surface area contributed by atoms with Crippen molar-refractivity contribution in [3.8, 4) is 0 Å². The second-order valence-corrected chi connectivity index (χ2v) is 3.57. The lowest BCUT2D eigenvalue weighted by molar-refractivity contribution is -0.137. The summed E-state index contributed by atoms with van der Waals surface area (Å²) in [5, 5.41) is 3.20. The minimum absolute atomic E-state index is 0. The summed E-state index contributed by atoms with van der Waals surface area (Å²) in [5.41, 5.74) is 5.18. The summed E-state index contributed by atoms with van der Waals surface area (Å²) in [5.74, 6) is -0.350. The molecule has 1 amide bonds. The number of rotatable bonds is 2. The summed E-state index contributed by atoms with van der Waals surface area (Å²) in [6.45, 7) is 4.22. The van der Waals surface area contributed by atoms with Crippen LogP contribution in [0.2, 0.25) is 0 Å². The number of nitrogens with one attached hydrogen (secondary N) is 1. The first-order valence-corrected chi connectivity index (χ1v) is 4.63. The van der Waals surface area contributed by atoms with Gasteiger partial charge in [-0.3, -0.25) is 9.69 Å². The minimum atomic E-state index is -0.408. The Bertz CT molecular complexity index is 211. The molecule has 2 aliphatic rings. The zero-order valence-corrected chi connectivity index (χ0v) is 8.76. The van der Waals surface area contributed by atoms with Crippen molar-refractivity contribution in [1.82, 2.24) is 10.2 Å². The maximum absolute atomic E-state index is 10.9. The van der Waals surface area contributed by atoms with Crippen LogP contribution in [0.5, 0.6) is 0 Å². The van der Waals surface area contributed by atoms with E-state index in [4.69, 9.17) is 10.5 Å². The fraction of sp³-hybridized carbons (Fsp3) is 0.875. The SMILES string of the molecule is Cl.NC(=O)C1CN(C2CNC2)CCO1. The number of amides is 1. The van der Waals surface area contributed by atoms with Crippen LogP contribution in [0.25, 0.3) is 0 Å². The van der Waals surface area contributed by atoms with E-state index in [0.29, 0.717) is 19.2 Å². The number of hydrogen-bond donors (Lipinski definition) is 2. The Hall–Kier alpha value is -0.360. The Balaban J connectivity index is 0.000000980. The summed E-state index contributed by atoms with van der Waals surface area (Å²) in [6, 6.07) is 0.575. The molecule has 2 heterocycles. The van der Waals surface area contributed by atoms with E-state index in [-0.39, 0.29) is 18.3 Å². The number of carbonyl (C=O) groups excluding carboxylic acids is 1. The Morgan fingerprint density at radius 1 is 1.50 bits per heavy atom. The van der Waals surface area contributed by atoms with E-state index in [1.165, 1.54) is 0 Å². The van der Waals surface area contributed by atoms with Crippen molar-refractivity contribution >= 4 is 18.3 Å². The van der Waals surface area contributed by atoms with Crippen LogP contribution in [0.1, 0.15) is 0 Å². The predicted octanol–water partition coefficient (Wildman–Crippen LogP) is -1.43. The highest BCUT2D eigenvalue weighted by molar-refractivity contribution is 5.85. The number of primary amides is 1. The lowest BCUT2D eigenvalue weighted by Gasteiger charge is -2.41. The molecule has 82 valence electrons. The van der Waals surface area contributed by atoms with Gasteiger partial charge in [0.05, 0.1) is 6.61 Å². The van der Waals surface area contributed by atoms with Gasteiger partial charge in [0.1, 0.15) is 6.10 Å². The molecule has 2 rings (SSSR count). The van der Waals surface area contributed by atoms with Crippen molar-refractivity contribution in [1.29, 1.82) is 0 Å². The molecule has 1 atom stereocenters. The van der Waals surface area contributed by atoms with Crippen molar-refractivity contribution in [3.05, 3.63) is 0 Å². The van der Waals surface area contributed by atoms with Crippen LogP contribution in [0.3, 0.4) is 0 Å². The van der Waals surface area contributed by atoms with Crippen molar-refractivity contribution in [2.45, 2.75) is 12.1 Å². The quantitative estimate of drug-likeness (QED) is 0.600. The van der Waals surface area contributed by atoms with Crippen LogP contribution in [0, 0.1) is 0 Å². The largest absolute Gasteiger partial charge is 0.367 e. The molecule has 0 aromatic carbocycles. The van der Waals surface area contributed by atoms with Crippen LogP contribution >= 0.6 is 12.4 Å². The second kappa shape index (κ2) is 4.93. The van der Waals surface area contributed by atoms with Crippen LogP contribution in [0.4, 0.5) is 0 Å². The maximum Gasteiger partial charge on any atom is 0.247 e. The van der Waals surface area contributed by atoms with Gasteiger partial charge in [-0.1, -0.05) is 0 Å². The van der Waals surface area contributed by atoms with E-state index < -0.39 is 6.10 Å². The van der Waals surface area contributed by atoms with E-state index >= 15 is 0 Å². The van der Waals surface area contributed by atoms with Gasteiger partial charge < -0.3 is 15.8 Å². The molecule has 3 N–H and O–H groups in total. The number of morpholine rings is 1. The number of nitrogens with zero attached hydrogens (tertiary/aromatic N) is 1. The van der Waals surface area contributed by atoms with Gasteiger partial charge in [-0.25, -0.2) is 0 Å². The van der Waals surface area contributed by atoms with Gasteiger partial charge in [0.2, 0.25) is 5.91 Å². The summed E-state index contributed by atoms with van der Waals surface area (Å²) in [7, 11) is 0. The topological polar surface area (TPSA) is 67.6 Å². The maximum atomic E-state index is 10.9. The predicted molar refractivity (Wildman–Crippen MR) is 54.4 cm³/mol. The van der Waals surface area contributed by atoms with Gasteiger partial charge in [-0.2, -0.15) is 0 Å². The highest BCUT2D eigenvalue weighted by atomic mass is 35.5. The number of nitrogens with two attached hydrogens (primary N) is 1. The number of carbonyl (C=O) groups is 1. The first-order chi connectivity index (χ1) is 6.27. The molecule has 5 nitrogen and oxygen atoms in total. The van der Waals surface area contributed by atoms with Crippen molar-refractivity contribution in [2.24, 2.45) is 5.73 Å². The third-order valence-corrected chi connectivity index (χ3v) is 2.69.